The summed E-state index contributed by atoms with van der Waals surface area (Å²) >= 11 is 7.65. The Kier molecular flexibility index (Phi) is 13.1. The summed E-state index contributed by atoms with van der Waals surface area (Å²) in [6.07, 6.45) is 3.62. The molecule has 2 heterocycles. The summed E-state index contributed by atoms with van der Waals surface area (Å²) in [4.78, 5) is 33.4. The van der Waals surface area contributed by atoms with E-state index >= 15 is 0 Å². The van der Waals surface area contributed by atoms with E-state index in [0.717, 1.165) is 52.3 Å². The maximum atomic E-state index is 13.1. The molecule has 12 heteroatoms. The van der Waals surface area contributed by atoms with Crippen LogP contribution in [0.2, 0.25) is 5.02 Å². The number of amidine groups is 2. The Morgan fingerprint density at radius 3 is 2.56 bits per heavy atom. The fourth-order valence-corrected chi connectivity index (χ4v) is 6.64. The second kappa shape index (κ2) is 17.2. The first kappa shape index (κ1) is 36.5. The quantitative estimate of drug-likeness (QED) is 0.0601. The zero-order valence-electron chi connectivity index (χ0n) is 27.5. The highest BCUT2D eigenvalue weighted by molar-refractivity contribution is 7.17. The molecule has 2 amide bonds. The van der Waals surface area contributed by atoms with Crippen molar-refractivity contribution in [2.45, 2.75) is 71.9 Å². The molecule has 3 aromatic rings. The Labute approximate surface area is 290 Å². The summed E-state index contributed by atoms with van der Waals surface area (Å²) in [6.45, 7) is 6.16. The number of hydrogen-bond acceptors (Lipinski definition) is 8. The highest BCUT2D eigenvalue weighted by Crippen LogP contribution is 2.40. The van der Waals surface area contributed by atoms with E-state index in [0.29, 0.717) is 34.1 Å². The van der Waals surface area contributed by atoms with Crippen molar-refractivity contribution in [3.63, 3.8) is 0 Å². The van der Waals surface area contributed by atoms with Crippen LogP contribution >= 0.6 is 22.9 Å². The normalized spacial score (nSPS) is 14.0. The number of anilines is 2. The van der Waals surface area contributed by atoms with Crippen LogP contribution in [0, 0.1) is 36.5 Å². The summed E-state index contributed by atoms with van der Waals surface area (Å²) in [5.74, 6) is 5.74. The van der Waals surface area contributed by atoms with Gasteiger partial charge < -0.3 is 21.5 Å². The molecule has 0 spiro atoms. The van der Waals surface area contributed by atoms with Crippen molar-refractivity contribution in [3.8, 4) is 11.8 Å². The molecule has 0 radical (unpaired) electrons. The average Bonchev–Trinajstić information content (AvgIpc) is 3.27. The van der Waals surface area contributed by atoms with Crippen LogP contribution in [-0.2, 0) is 16.2 Å². The minimum absolute atomic E-state index is 0.0213. The third-order valence-electron chi connectivity index (χ3n) is 7.94. The van der Waals surface area contributed by atoms with Crippen LogP contribution in [-0.4, -0.2) is 53.4 Å². The molecule has 0 saturated heterocycles. The van der Waals surface area contributed by atoms with Gasteiger partial charge in [-0.05, 0) is 81.6 Å². The van der Waals surface area contributed by atoms with Crippen molar-refractivity contribution in [3.05, 3.63) is 80.2 Å². The number of aryl methyl sites for hydroxylation is 1. The molecule has 1 aliphatic rings. The predicted molar refractivity (Wildman–Crippen MR) is 196 cm³/mol. The van der Waals surface area contributed by atoms with Gasteiger partial charge in [-0.25, -0.2) is 0 Å². The third kappa shape index (κ3) is 9.17. The average molecular weight is 688 g/mol. The van der Waals surface area contributed by atoms with E-state index in [1.165, 1.54) is 11.3 Å². The number of benzene rings is 2. The number of carbonyl (C=O) groups excluding carboxylic acids is 2. The van der Waals surface area contributed by atoms with Crippen molar-refractivity contribution >= 4 is 62.8 Å². The van der Waals surface area contributed by atoms with Gasteiger partial charge in [0, 0.05) is 51.7 Å². The number of aliphatic hydroxyl groups is 1. The van der Waals surface area contributed by atoms with Crippen molar-refractivity contribution in [1.29, 1.82) is 10.8 Å². The Bertz CT molecular complexity index is 1770. The molecule has 0 fully saturated rings. The number of carbonyl (C=O) groups is 2. The molecule has 0 aliphatic carbocycles. The molecule has 0 saturated carbocycles. The molecule has 1 aliphatic heterocycles. The first-order chi connectivity index (χ1) is 23.0. The number of aliphatic imine (C=N–C) groups is 1. The molecule has 4 rings (SSSR count). The Balaban J connectivity index is 1.41. The monoisotopic (exact) mass is 687 g/mol. The SMILES string of the molecule is CC(=N)N1C(=N)[C@H](CC(=O)NCCC(=O)Nc2ccc(C#CCCCCCN)c(CO)c2)N=C(c2ccc(Cl)cc2)c2c1sc(C)c2C. The van der Waals surface area contributed by atoms with E-state index in [9.17, 15) is 14.7 Å². The number of rotatable bonds is 12. The number of nitrogens with two attached hydrogens (primary N) is 1. The lowest BCUT2D eigenvalue weighted by Gasteiger charge is -2.24. The zero-order valence-corrected chi connectivity index (χ0v) is 29.1. The van der Waals surface area contributed by atoms with E-state index < -0.39 is 6.04 Å². The van der Waals surface area contributed by atoms with E-state index in [2.05, 4.69) is 22.5 Å². The summed E-state index contributed by atoms with van der Waals surface area (Å²) < 4.78 is 0. The molecule has 0 unspecified atom stereocenters. The lowest BCUT2D eigenvalue weighted by atomic mass is 9.99. The van der Waals surface area contributed by atoms with E-state index in [1.54, 1.807) is 42.2 Å². The van der Waals surface area contributed by atoms with Crippen LogP contribution in [0.15, 0.2) is 47.5 Å². The van der Waals surface area contributed by atoms with Crippen LogP contribution in [0.4, 0.5) is 10.7 Å². The summed E-state index contributed by atoms with van der Waals surface area (Å²) in [5.41, 5.74) is 10.6. The Morgan fingerprint density at radius 2 is 1.88 bits per heavy atom. The number of nitrogens with one attached hydrogen (secondary N) is 4. The second-order valence-electron chi connectivity index (χ2n) is 11.6. The molecular formula is C36H42ClN7O3S. The van der Waals surface area contributed by atoms with E-state index in [1.807, 2.05) is 26.0 Å². The molecule has 2 aromatic carbocycles. The third-order valence-corrected chi connectivity index (χ3v) is 9.39. The van der Waals surface area contributed by atoms with Gasteiger partial charge in [-0.1, -0.05) is 42.0 Å². The molecular weight excluding hydrogens is 646 g/mol. The summed E-state index contributed by atoms with van der Waals surface area (Å²) in [6, 6.07) is 11.6. The van der Waals surface area contributed by atoms with Crippen LogP contribution in [0.25, 0.3) is 0 Å². The fourth-order valence-electron chi connectivity index (χ4n) is 5.29. The standard InChI is InChI=1S/C36H42ClN7O3S/c1-22-23(2)48-36-33(22)34(26-10-13-28(37)14-11-26)43-30(35(40)44(36)24(3)39)20-32(47)41-18-16-31(46)42-29-15-12-25(27(19-29)21-45)9-7-5-4-6-8-17-38/h10-15,19,30,39-40,45H,4-6,8,16-18,20-21,38H2,1-3H3,(H,41,47)(H,42,46)/t30-/m0/s1. The first-order valence-electron chi connectivity index (χ1n) is 15.9. The van der Waals surface area contributed by atoms with Gasteiger partial charge in [0.1, 0.15) is 22.7 Å². The smallest absolute Gasteiger partial charge is 0.226 e. The first-order valence-corrected chi connectivity index (χ1v) is 17.1. The topological polar surface area (TPSA) is 168 Å². The molecule has 10 nitrogen and oxygen atoms in total. The van der Waals surface area contributed by atoms with Gasteiger partial charge in [-0.2, -0.15) is 0 Å². The van der Waals surface area contributed by atoms with Crippen LogP contribution < -0.4 is 21.3 Å². The van der Waals surface area contributed by atoms with Crippen LogP contribution in [0.5, 0.6) is 0 Å². The molecule has 1 aromatic heterocycles. The number of unbranched alkanes of at least 4 members (excludes halogenated alkanes) is 3. The van der Waals surface area contributed by atoms with Crippen LogP contribution in [0.1, 0.15) is 78.1 Å². The van der Waals surface area contributed by atoms with E-state index in [4.69, 9.17) is 33.1 Å². The summed E-state index contributed by atoms with van der Waals surface area (Å²) in [5, 5.41) is 34.3. The predicted octanol–water partition coefficient (Wildman–Crippen LogP) is 5.92. The van der Waals surface area contributed by atoms with Gasteiger partial charge in [0.15, 0.2) is 0 Å². The van der Waals surface area contributed by atoms with Gasteiger partial charge in [-0.3, -0.25) is 30.3 Å². The maximum absolute atomic E-state index is 13.1. The maximum Gasteiger partial charge on any atom is 0.226 e. The Morgan fingerprint density at radius 1 is 1.12 bits per heavy atom. The van der Waals surface area contributed by atoms with E-state index in [-0.39, 0.29) is 49.5 Å². The number of halogens is 1. The van der Waals surface area contributed by atoms with Crippen molar-refractivity contribution < 1.29 is 14.7 Å². The van der Waals surface area contributed by atoms with Crippen LogP contribution in [0.3, 0.4) is 0 Å². The second-order valence-corrected chi connectivity index (χ2v) is 13.2. The fraction of sp³-hybridized carbons (Fsp3) is 0.361. The minimum atomic E-state index is -0.867. The number of hydrogen-bond donors (Lipinski definition) is 6. The Hall–Kier alpha value is -4.34. The molecule has 0 bridgehead atoms. The number of amides is 2. The number of aliphatic hydroxyl groups excluding tert-OH is 1. The largest absolute Gasteiger partial charge is 0.392 e. The molecule has 252 valence electrons. The highest BCUT2D eigenvalue weighted by Gasteiger charge is 2.34. The van der Waals surface area contributed by atoms with Gasteiger partial charge in [-0.15, -0.1) is 11.3 Å². The number of nitrogens with zero attached hydrogens (tertiary/aromatic N) is 2. The molecule has 1 atom stereocenters. The number of fused-ring (bicyclic) bond motifs is 1. The lowest BCUT2D eigenvalue weighted by molar-refractivity contribution is -0.121. The van der Waals surface area contributed by atoms with Gasteiger partial charge in [0.2, 0.25) is 11.8 Å². The lowest BCUT2D eigenvalue weighted by Crippen LogP contribution is -2.42. The van der Waals surface area contributed by atoms with Crippen molar-refractivity contribution in [2.75, 3.05) is 23.3 Å². The summed E-state index contributed by atoms with van der Waals surface area (Å²) in [7, 11) is 0. The van der Waals surface area contributed by atoms with Gasteiger partial charge >= 0.3 is 0 Å². The van der Waals surface area contributed by atoms with Gasteiger partial charge in [0.05, 0.1) is 18.7 Å². The van der Waals surface area contributed by atoms with Crippen molar-refractivity contribution in [1.82, 2.24) is 5.32 Å². The molecule has 7 N–H and O–H groups in total. The van der Waals surface area contributed by atoms with Crippen molar-refractivity contribution in [2.24, 2.45) is 10.7 Å². The minimum Gasteiger partial charge on any atom is -0.392 e. The number of thiophene rings is 1. The highest BCUT2D eigenvalue weighted by atomic mass is 35.5. The molecule has 48 heavy (non-hydrogen) atoms. The zero-order chi connectivity index (χ0) is 34.8. The van der Waals surface area contributed by atoms with Gasteiger partial charge in [0.25, 0.3) is 0 Å².